The topological polar surface area (TPSA) is 71.2 Å². The van der Waals surface area contributed by atoms with E-state index in [0.29, 0.717) is 23.8 Å². The second kappa shape index (κ2) is 4.97. The molecule has 0 radical (unpaired) electrons. The van der Waals surface area contributed by atoms with Crippen LogP contribution in [0, 0.1) is 5.82 Å². The number of rotatable bonds is 3. The quantitative estimate of drug-likeness (QED) is 0.892. The number of phenols is 1. The van der Waals surface area contributed by atoms with Crippen molar-refractivity contribution in [2.24, 2.45) is 0 Å². The summed E-state index contributed by atoms with van der Waals surface area (Å²) in [5, 5.41) is 16.1. The van der Waals surface area contributed by atoms with E-state index in [4.69, 9.17) is 9.63 Å². The standard InChI is InChI=1S/C13H16FN3O2/c1-13(2,3)15-7-11-16-12(17-19-11)8-4-5-10(18)9(14)6-8/h4-6,15,18H,7H2,1-3H3. The molecular formula is C13H16FN3O2. The SMILES string of the molecule is CC(C)(C)NCc1nc(-c2ccc(O)c(F)c2)no1. The zero-order chi connectivity index (χ0) is 14.0. The van der Waals surface area contributed by atoms with E-state index >= 15 is 0 Å². The number of hydrogen-bond acceptors (Lipinski definition) is 5. The number of aromatic hydroxyl groups is 1. The van der Waals surface area contributed by atoms with Gasteiger partial charge < -0.3 is 14.9 Å². The first-order chi connectivity index (χ1) is 8.85. The van der Waals surface area contributed by atoms with Crippen LogP contribution in [0.25, 0.3) is 11.4 Å². The second-order valence-electron chi connectivity index (χ2n) is 5.28. The summed E-state index contributed by atoms with van der Waals surface area (Å²) in [7, 11) is 0. The van der Waals surface area contributed by atoms with Crippen LogP contribution in [0.2, 0.25) is 0 Å². The lowest BCUT2D eigenvalue weighted by atomic mass is 10.1. The molecule has 2 aromatic rings. The molecule has 0 saturated carbocycles. The molecule has 0 spiro atoms. The van der Waals surface area contributed by atoms with E-state index in [2.05, 4.69) is 15.5 Å². The summed E-state index contributed by atoms with van der Waals surface area (Å²) in [6, 6.07) is 3.96. The van der Waals surface area contributed by atoms with Crippen LogP contribution in [0.5, 0.6) is 5.75 Å². The summed E-state index contributed by atoms with van der Waals surface area (Å²) in [5.41, 5.74) is 0.403. The zero-order valence-electron chi connectivity index (χ0n) is 11.1. The summed E-state index contributed by atoms with van der Waals surface area (Å²) in [6.45, 7) is 6.52. The van der Waals surface area contributed by atoms with Crippen LogP contribution in [0.15, 0.2) is 22.7 Å². The Labute approximate surface area is 110 Å². The first kappa shape index (κ1) is 13.5. The van der Waals surface area contributed by atoms with Crippen LogP contribution in [0.1, 0.15) is 26.7 Å². The third-order valence-electron chi connectivity index (χ3n) is 2.44. The molecule has 0 aliphatic heterocycles. The molecule has 102 valence electrons. The predicted octanol–water partition coefficient (Wildman–Crippen LogP) is 2.47. The molecule has 0 amide bonds. The molecule has 2 N–H and O–H groups in total. The summed E-state index contributed by atoms with van der Waals surface area (Å²) < 4.78 is 18.3. The monoisotopic (exact) mass is 265 g/mol. The van der Waals surface area contributed by atoms with E-state index in [1.807, 2.05) is 20.8 Å². The normalized spacial score (nSPS) is 11.8. The summed E-state index contributed by atoms with van der Waals surface area (Å²) >= 11 is 0. The van der Waals surface area contributed by atoms with Crippen molar-refractivity contribution in [3.05, 3.63) is 29.9 Å². The average Bonchev–Trinajstić information content (AvgIpc) is 2.78. The lowest BCUT2D eigenvalue weighted by Crippen LogP contribution is -2.35. The van der Waals surface area contributed by atoms with Crippen LogP contribution in [-0.4, -0.2) is 20.8 Å². The Morgan fingerprint density at radius 3 is 2.74 bits per heavy atom. The molecule has 0 aliphatic rings. The fraction of sp³-hybridized carbons (Fsp3) is 0.385. The molecule has 1 aromatic carbocycles. The van der Waals surface area contributed by atoms with Crippen LogP contribution >= 0.6 is 0 Å². The Morgan fingerprint density at radius 2 is 2.11 bits per heavy atom. The van der Waals surface area contributed by atoms with Crippen LogP contribution < -0.4 is 5.32 Å². The number of benzene rings is 1. The summed E-state index contributed by atoms with van der Waals surface area (Å²) in [4.78, 5) is 4.17. The maximum Gasteiger partial charge on any atom is 0.240 e. The summed E-state index contributed by atoms with van der Waals surface area (Å²) in [5.74, 6) is -0.387. The van der Waals surface area contributed by atoms with Crippen molar-refractivity contribution in [2.75, 3.05) is 0 Å². The maximum absolute atomic E-state index is 13.2. The number of nitrogens with one attached hydrogen (secondary N) is 1. The van der Waals surface area contributed by atoms with E-state index < -0.39 is 11.6 Å². The number of aromatic nitrogens is 2. The van der Waals surface area contributed by atoms with Gasteiger partial charge in [0.05, 0.1) is 6.54 Å². The van der Waals surface area contributed by atoms with Gasteiger partial charge in [0.25, 0.3) is 0 Å². The van der Waals surface area contributed by atoms with Crippen molar-refractivity contribution in [2.45, 2.75) is 32.9 Å². The molecule has 0 unspecified atom stereocenters. The largest absolute Gasteiger partial charge is 0.505 e. The molecule has 0 bridgehead atoms. The zero-order valence-corrected chi connectivity index (χ0v) is 11.1. The van der Waals surface area contributed by atoms with E-state index in [9.17, 15) is 4.39 Å². The molecule has 6 heteroatoms. The highest BCUT2D eigenvalue weighted by molar-refractivity contribution is 5.55. The molecule has 0 fully saturated rings. The highest BCUT2D eigenvalue weighted by Gasteiger charge is 2.14. The van der Waals surface area contributed by atoms with E-state index in [1.54, 1.807) is 0 Å². The van der Waals surface area contributed by atoms with Gasteiger partial charge in [0, 0.05) is 11.1 Å². The van der Waals surface area contributed by atoms with Gasteiger partial charge in [0.15, 0.2) is 11.6 Å². The minimum Gasteiger partial charge on any atom is -0.505 e. The van der Waals surface area contributed by atoms with E-state index in [0.717, 1.165) is 0 Å². The Kier molecular flexibility index (Phi) is 3.53. The molecule has 0 atom stereocenters. The molecule has 2 rings (SSSR count). The van der Waals surface area contributed by atoms with Crippen molar-refractivity contribution in [1.29, 1.82) is 0 Å². The molecular weight excluding hydrogens is 249 g/mol. The Balaban J connectivity index is 2.14. The maximum atomic E-state index is 13.2. The molecule has 1 heterocycles. The minimum atomic E-state index is -0.711. The molecule has 19 heavy (non-hydrogen) atoms. The molecule has 5 nitrogen and oxygen atoms in total. The van der Waals surface area contributed by atoms with Crippen molar-refractivity contribution in [1.82, 2.24) is 15.5 Å². The third kappa shape index (κ3) is 3.51. The van der Waals surface area contributed by atoms with E-state index in [-0.39, 0.29) is 5.54 Å². The number of nitrogens with zero attached hydrogens (tertiary/aromatic N) is 2. The van der Waals surface area contributed by atoms with Gasteiger partial charge in [-0.05, 0) is 39.0 Å². The van der Waals surface area contributed by atoms with Gasteiger partial charge in [0.2, 0.25) is 11.7 Å². The van der Waals surface area contributed by atoms with E-state index in [1.165, 1.54) is 18.2 Å². The smallest absolute Gasteiger partial charge is 0.240 e. The van der Waals surface area contributed by atoms with Crippen molar-refractivity contribution < 1.29 is 14.0 Å². The van der Waals surface area contributed by atoms with Crippen molar-refractivity contribution >= 4 is 0 Å². The molecule has 0 saturated heterocycles. The highest BCUT2D eigenvalue weighted by Crippen LogP contribution is 2.22. The number of halogens is 1. The third-order valence-corrected chi connectivity index (χ3v) is 2.44. The van der Waals surface area contributed by atoms with Crippen LogP contribution in [-0.2, 0) is 6.54 Å². The van der Waals surface area contributed by atoms with Crippen LogP contribution in [0.3, 0.4) is 0 Å². The fourth-order valence-corrected chi connectivity index (χ4v) is 1.43. The highest BCUT2D eigenvalue weighted by atomic mass is 19.1. The fourth-order valence-electron chi connectivity index (χ4n) is 1.43. The van der Waals surface area contributed by atoms with Gasteiger partial charge in [-0.2, -0.15) is 4.98 Å². The predicted molar refractivity (Wildman–Crippen MR) is 67.9 cm³/mol. The Bertz CT molecular complexity index is 576. The van der Waals surface area contributed by atoms with Gasteiger partial charge in [-0.3, -0.25) is 0 Å². The lowest BCUT2D eigenvalue weighted by molar-refractivity contribution is 0.336. The van der Waals surface area contributed by atoms with Crippen LogP contribution in [0.4, 0.5) is 4.39 Å². The van der Waals surface area contributed by atoms with Gasteiger partial charge in [-0.15, -0.1) is 0 Å². The van der Waals surface area contributed by atoms with Gasteiger partial charge in [-0.1, -0.05) is 5.16 Å². The molecule has 0 aliphatic carbocycles. The first-order valence-electron chi connectivity index (χ1n) is 5.92. The average molecular weight is 265 g/mol. The number of hydrogen-bond donors (Lipinski definition) is 2. The van der Waals surface area contributed by atoms with Crippen molar-refractivity contribution in [3.63, 3.8) is 0 Å². The lowest BCUT2D eigenvalue weighted by Gasteiger charge is -2.18. The summed E-state index contributed by atoms with van der Waals surface area (Å²) in [6.07, 6.45) is 0. The Hall–Kier alpha value is -1.95. The van der Waals surface area contributed by atoms with Gasteiger partial charge >= 0.3 is 0 Å². The van der Waals surface area contributed by atoms with Gasteiger partial charge in [0.1, 0.15) is 0 Å². The minimum absolute atomic E-state index is 0.0563. The Morgan fingerprint density at radius 1 is 1.37 bits per heavy atom. The van der Waals surface area contributed by atoms with Crippen molar-refractivity contribution in [3.8, 4) is 17.1 Å². The first-order valence-corrected chi connectivity index (χ1v) is 5.92. The number of phenolic OH excluding ortho intramolecular Hbond substituents is 1. The second-order valence-corrected chi connectivity index (χ2v) is 5.28. The van der Waals surface area contributed by atoms with Gasteiger partial charge in [-0.25, -0.2) is 4.39 Å². The molecule has 1 aromatic heterocycles.